The molecule has 4 aromatic heterocycles. The maximum atomic E-state index is 4.46. The Morgan fingerprint density at radius 2 is 0.640 bits per heavy atom. The number of aromatic nitrogens is 4. The van der Waals surface area contributed by atoms with Crippen LogP contribution < -0.4 is 0 Å². The number of rotatable bonds is 5. The first-order valence-electron chi connectivity index (χ1n) is 16.9. The molecule has 0 radical (unpaired) electrons. The molecule has 0 aliphatic heterocycles. The van der Waals surface area contributed by atoms with E-state index in [4.69, 9.17) is 0 Å². The lowest BCUT2D eigenvalue weighted by Crippen LogP contribution is -2.00. The Morgan fingerprint density at radius 3 is 1.00 bits per heavy atom. The van der Waals surface area contributed by atoms with Gasteiger partial charge in [-0.25, -0.2) is 0 Å². The van der Waals surface area contributed by atoms with Crippen molar-refractivity contribution >= 4 is 43.6 Å². The number of benzene rings is 6. The van der Waals surface area contributed by atoms with Crippen molar-refractivity contribution in [2.45, 2.75) is 0 Å². The fourth-order valence-corrected chi connectivity index (χ4v) is 7.62. The summed E-state index contributed by atoms with van der Waals surface area (Å²) >= 11 is 0. The molecule has 0 bridgehead atoms. The fraction of sp³-hybridized carbons (Fsp3) is 0. The van der Waals surface area contributed by atoms with E-state index >= 15 is 0 Å². The minimum absolute atomic E-state index is 1.07. The van der Waals surface area contributed by atoms with Crippen LogP contribution in [0.25, 0.3) is 88.4 Å². The van der Waals surface area contributed by atoms with Crippen LogP contribution in [0.15, 0.2) is 183 Å². The predicted octanol–water partition coefficient (Wildman–Crippen LogP) is 11.7. The summed E-state index contributed by atoms with van der Waals surface area (Å²) in [6.07, 6.45) is 7.51. The molecule has 0 atom stereocenters. The zero-order valence-electron chi connectivity index (χ0n) is 27.1. The molecule has 0 fully saturated rings. The SMILES string of the molecule is c1cncc(-c2cc(-c3cccnc3)cc(-c3cc(-n4c5ccccc5c5ccccc54)cc(-n4c5ccccc5c5ccccc54)c3)c2)c1. The van der Waals surface area contributed by atoms with Gasteiger partial charge < -0.3 is 9.13 Å². The van der Waals surface area contributed by atoms with Gasteiger partial charge in [0.05, 0.1) is 22.1 Å². The number of hydrogen-bond donors (Lipinski definition) is 0. The van der Waals surface area contributed by atoms with E-state index in [0.29, 0.717) is 0 Å². The third-order valence-electron chi connectivity index (χ3n) is 9.84. The van der Waals surface area contributed by atoms with Crippen LogP contribution >= 0.6 is 0 Å². The van der Waals surface area contributed by atoms with Gasteiger partial charge in [-0.3, -0.25) is 9.97 Å². The van der Waals surface area contributed by atoms with Crippen LogP contribution in [0.3, 0.4) is 0 Å². The molecule has 10 rings (SSSR count). The first-order chi connectivity index (χ1) is 24.8. The van der Waals surface area contributed by atoms with E-state index in [0.717, 1.165) is 44.8 Å². The van der Waals surface area contributed by atoms with Crippen LogP contribution in [-0.4, -0.2) is 19.1 Å². The van der Waals surface area contributed by atoms with Crippen molar-refractivity contribution in [3.05, 3.63) is 183 Å². The summed E-state index contributed by atoms with van der Waals surface area (Å²) in [6, 6.07) is 56.9. The first-order valence-corrected chi connectivity index (χ1v) is 16.9. The summed E-state index contributed by atoms with van der Waals surface area (Å²) in [4.78, 5) is 8.92. The Bertz CT molecular complexity index is 2570. The van der Waals surface area contributed by atoms with Crippen LogP contribution in [0.1, 0.15) is 0 Å². The molecular formula is C46H30N4. The number of hydrogen-bond acceptors (Lipinski definition) is 2. The average molecular weight is 639 g/mol. The van der Waals surface area contributed by atoms with Gasteiger partial charge in [0.1, 0.15) is 0 Å². The molecule has 0 N–H and O–H groups in total. The smallest absolute Gasteiger partial charge is 0.0541 e. The largest absolute Gasteiger partial charge is 0.309 e. The lowest BCUT2D eigenvalue weighted by atomic mass is 9.94. The van der Waals surface area contributed by atoms with Crippen molar-refractivity contribution in [1.29, 1.82) is 0 Å². The molecule has 0 saturated heterocycles. The Hall–Kier alpha value is -6.78. The highest BCUT2D eigenvalue weighted by atomic mass is 15.0. The van der Waals surface area contributed by atoms with Crippen molar-refractivity contribution in [2.24, 2.45) is 0 Å². The Kier molecular flexibility index (Phi) is 6.46. The minimum Gasteiger partial charge on any atom is -0.309 e. The predicted molar refractivity (Wildman–Crippen MR) is 207 cm³/mol. The van der Waals surface area contributed by atoms with Crippen LogP contribution in [-0.2, 0) is 0 Å². The third-order valence-corrected chi connectivity index (χ3v) is 9.84. The van der Waals surface area contributed by atoms with Gasteiger partial charge in [-0.2, -0.15) is 0 Å². The minimum atomic E-state index is 1.07. The summed E-state index contributed by atoms with van der Waals surface area (Å²) in [5.41, 5.74) is 13.5. The normalized spacial score (nSPS) is 11.6. The van der Waals surface area contributed by atoms with Crippen LogP contribution in [0.4, 0.5) is 0 Å². The third kappa shape index (κ3) is 4.54. The van der Waals surface area contributed by atoms with E-state index in [9.17, 15) is 0 Å². The molecule has 4 nitrogen and oxygen atoms in total. The number of para-hydroxylation sites is 4. The topological polar surface area (TPSA) is 35.6 Å². The van der Waals surface area contributed by atoms with Gasteiger partial charge in [-0.15, -0.1) is 0 Å². The summed E-state index contributed by atoms with van der Waals surface area (Å²) < 4.78 is 4.83. The van der Waals surface area contributed by atoms with Gasteiger partial charge in [0.15, 0.2) is 0 Å². The Balaban J connectivity index is 1.31. The standard InChI is InChI=1S/C46H30N4/c1-5-17-43-39(13-1)40-14-2-6-18-44(40)49(43)37-26-36(27-38(28-37)50-45-19-7-3-15-41(45)42-16-4-8-20-46(42)50)35-24-33(31-11-9-21-47-29-31)23-34(25-35)32-12-10-22-48-30-32/h1-30H. The van der Waals surface area contributed by atoms with Crippen molar-refractivity contribution in [3.8, 4) is 44.8 Å². The molecule has 0 unspecified atom stereocenters. The second kappa shape index (κ2) is 11.4. The van der Waals surface area contributed by atoms with E-state index in [1.807, 2.05) is 36.9 Å². The van der Waals surface area contributed by atoms with E-state index in [1.165, 1.54) is 43.6 Å². The fourth-order valence-electron chi connectivity index (χ4n) is 7.62. The maximum Gasteiger partial charge on any atom is 0.0541 e. The molecule has 234 valence electrons. The van der Waals surface area contributed by atoms with Gasteiger partial charge in [-0.1, -0.05) is 84.9 Å². The van der Waals surface area contributed by atoms with E-state index in [2.05, 4.69) is 165 Å². The lowest BCUT2D eigenvalue weighted by Gasteiger charge is -2.17. The van der Waals surface area contributed by atoms with Gasteiger partial charge in [-0.05, 0) is 95.1 Å². The summed E-state index contributed by atoms with van der Waals surface area (Å²) in [6.45, 7) is 0. The molecule has 0 spiro atoms. The zero-order chi connectivity index (χ0) is 33.0. The highest BCUT2D eigenvalue weighted by Crippen LogP contribution is 2.39. The van der Waals surface area contributed by atoms with Crippen LogP contribution in [0.2, 0.25) is 0 Å². The molecule has 0 aliphatic rings. The molecule has 4 heterocycles. The van der Waals surface area contributed by atoms with Crippen molar-refractivity contribution in [3.63, 3.8) is 0 Å². The van der Waals surface area contributed by atoms with Gasteiger partial charge in [0.25, 0.3) is 0 Å². The van der Waals surface area contributed by atoms with Gasteiger partial charge >= 0.3 is 0 Å². The number of nitrogens with zero attached hydrogens (tertiary/aromatic N) is 4. The summed E-state index contributed by atoms with van der Waals surface area (Å²) in [7, 11) is 0. The molecule has 0 aliphatic carbocycles. The highest BCUT2D eigenvalue weighted by molar-refractivity contribution is 6.10. The van der Waals surface area contributed by atoms with Gasteiger partial charge in [0, 0.05) is 68.8 Å². The molecule has 4 heteroatoms. The van der Waals surface area contributed by atoms with E-state index in [1.54, 1.807) is 0 Å². The molecule has 10 aromatic rings. The molecule has 0 saturated carbocycles. The van der Waals surface area contributed by atoms with E-state index < -0.39 is 0 Å². The number of fused-ring (bicyclic) bond motifs is 6. The van der Waals surface area contributed by atoms with E-state index in [-0.39, 0.29) is 0 Å². The Labute approximate surface area is 289 Å². The lowest BCUT2D eigenvalue weighted by molar-refractivity contribution is 1.13. The number of pyridine rings is 2. The summed E-state index contributed by atoms with van der Waals surface area (Å²) in [5, 5.41) is 4.96. The summed E-state index contributed by atoms with van der Waals surface area (Å²) in [5.74, 6) is 0. The van der Waals surface area contributed by atoms with Gasteiger partial charge in [0.2, 0.25) is 0 Å². The van der Waals surface area contributed by atoms with Crippen molar-refractivity contribution in [2.75, 3.05) is 0 Å². The van der Waals surface area contributed by atoms with Crippen LogP contribution in [0, 0.1) is 0 Å². The Morgan fingerprint density at radius 1 is 0.300 bits per heavy atom. The highest BCUT2D eigenvalue weighted by Gasteiger charge is 2.18. The maximum absolute atomic E-state index is 4.46. The van der Waals surface area contributed by atoms with Crippen LogP contribution in [0.5, 0.6) is 0 Å². The second-order valence-electron chi connectivity index (χ2n) is 12.8. The average Bonchev–Trinajstić information content (AvgIpc) is 3.71. The molecule has 50 heavy (non-hydrogen) atoms. The molecule has 0 amide bonds. The molecule has 6 aromatic carbocycles. The molecular weight excluding hydrogens is 609 g/mol. The zero-order valence-corrected chi connectivity index (χ0v) is 27.1. The quantitative estimate of drug-likeness (QED) is 0.188. The second-order valence-corrected chi connectivity index (χ2v) is 12.8. The monoisotopic (exact) mass is 638 g/mol. The van der Waals surface area contributed by atoms with Crippen molar-refractivity contribution < 1.29 is 0 Å². The van der Waals surface area contributed by atoms with Crippen molar-refractivity contribution in [1.82, 2.24) is 19.1 Å². The first kappa shape index (κ1) is 28.3.